The largest absolute Gasteiger partial charge is 0.472 e. The molecule has 1 N–H and O–H groups in total. The highest BCUT2D eigenvalue weighted by atomic mass is 31.2. The fourth-order valence-corrected chi connectivity index (χ4v) is 7.30. The molecule has 66 heavy (non-hydrogen) atoms. The first-order valence-electron chi connectivity index (χ1n) is 26.0. The highest BCUT2D eigenvalue weighted by molar-refractivity contribution is 7.47. The van der Waals surface area contributed by atoms with Gasteiger partial charge in [0.15, 0.2) is 6.10 Å². The average Bonchev–Trinajstić information content (AvgIpc) is 3.27. The van der Waals surface area contributed by atoms with Gasteiger partial charge < -0.3 is 18.9 Å². The summed E-state index contributed by atoms with van der Waals surface area (Å²) in [6.07, 6.45) is 63.3. The van der Waals surface area contributed by atoms with E-state index in [2.05, 4.69) is 111 Å². The predicted molar refractivity (Wildman–Crippen MR) is 279 cm³/mol. The van der Waals surface area contributed by atoms with Crippen LogP contribution in [0.2, 0.25) is 0 Å². The Labute approximate surface area is 404 Å². The van der Waals surface area contributed by atoms with E-state index in [9.17, 15) is 19.0 Å². The summed E-state index contributed by atoms with van der Waals surface area (Å²) in [4.78, 5) is 35.5. The van der Waals surface area contributed by atoms with Gasteiger partial charge in [0.1, 0.15) is 19.8 Å². The number of rotatable bonds is 46. The molecule has 0 saturated carbocycles. The Bertz CT molecular complexity index is 1440. The number of phosphoric acid groups is 1. The van der Waals surface area contributed by atoms with E-state index in [1.807, 2.05) is 21.1 Å². The summed E-state index contributed by atoms with van der Waals surface area (Å²) in [5.41, 5.74) is 0. The first-order chi connectivity index (χ1) is 32.0. The molecule has 0 aliphatic carbocycles. The SMILES string of the molecule is CC/C=C\C/C=C\C/C=C\C/C=C\C/C=C\C/C=C\C/C=C\CCCCCCCCCCCC(=O)OC(COC(=O)CCCCCCC/C=C\CCCC)COP(=O)(O)OCC[N+](C)(C)C. The molecule has 0 spiro atoms. The Kier molecular flexibility index (Phi) is 44.8. The van der Waals surface area contributed by atoms with Gasteiger partial charge in [-0.1, -0.05) is 188 Å². The molecule has 10 heteroatoms. The van der Waals surface area contributed by atoms with Crippen LogP contribution >= 0.6 is 7.82 Å². The predicted octanol–water partition coefficient (Wildman–Crippen LogP) is 15.7. The zero-order valence-corrected chi connectivity index (χ0v) is 43.5. The number of carbonyl (C=O) groups is 2. The Morgan fingerprint density at radius 2 is 0.864 bits per heavy atom. The topological polar surface area (TPSA) is 108 Å². The summed E-state index contributed by atoms with van der Waals surface area (Å²) in [5, 5.41) is 0. The molecule has 0 aromatic rings. The molecule has 0 bridgehead atoms. The lowest BCUT2D eigenvalue weighted by Crippen LogP contribution is -2.37. The van der Waals surface area contributed by atoms with Crippen LogP contribution in [0.15, 0.2) is 97.2 Å². The van der Waals surface area contributed by atoms with Gasteiger partial charge in [-0.3, -0.25) is 18.6 Å². The van der Waals surface area contributed by atoms with Crippen molar-refractivity contribution in [3.05, 3.63) is 97.2 Å². The number of hydrogen-bond acceptors (Lipinski definition) is 7. The molecule has 2 atom stereocenters. The number of hydrogen-bond donors (Lipinski definition) is 1. The monoisotopic (exact) mass is 943 g/mol. The molecule has 0 radical (unpaired) electrons. The van der Waals surface area contributed by atoms with Crippen molar-refractivity contribution in [1.82, 2.24) is 0 Å². The summed E-state index contributed by atoms with van der Waals surface area (Å²) >= 11 is 0. The molecule has 0 amide bonds. The fourth-order valence-electron chi connectivity index (χ4n) is 6.56. The number of quaternary nitrogens is 1. The first-order valence-corrected chi connectivity index (χ1v) is 27.5. The second-order valence-corrected chi connectivity index (χ2v) is 19.6. The van der Waals surface area contributed by atoms with Crippen LogP contribution < -0.4 is 0 Å². The first kappa shape index (κ1) is 62.9. The second kappa shape index (κ2) is 47.0. The Balaban J connectivity index is 4.17. The smallest absolute Gasteiger partial charge is 0.462 e. The molecule has 2 unspecified atom stereocenters. The molecular formula is C56H97NO8P+. The minimum absolute atomic E-state index is 0.0246. The second-order valence-electron chi connectivity index (χ2n) is 18.2. The van der Waals surface area contributed by atoms with Gasteiger partial charge in [-0.05, 0) is 89.9 Å². The maximum Gasteiger partial charge on any atom is 0.472 e. The Morgan fingerprint density at radius 3 is 1.30 bits per heavy atom. The van der Waals surface area contributed by atoms with Gasteiger partial charge in [-0.2, -0.15) is 0 Å². The number of carbonyl (C=O) groups excluding carboxylic acids is 2. The summed E-state index contributed by atoms with van der Waals surface area (Å²) in [7, 11) is 1.45. The van der Waals surface area contributed by atoms with E-state index in [0.29, 0.717) is 17.4 Å². The maximum absolute atomic E-state index is 12.7. The molecule has 0 aromatic heterocycles. The molecule has 9 nitrogen and oxygen atoms in total. The molecular weight excluding hydrogens is 846 g/mol. The van der Waals surface area contributed by atoms with Crippen molar-refractivity contribution in [2.45, 2.75) is 200 Å². The van der Waals surface area contributed by atoms with E-state index in [4.69, 9.17) is 18.5 Å². The van der Waals surface area contributed by atoms with Gasteiger partial charge in [0.25, 0.3) is 0 Å². The van der Waals surface area contributed by atoms with Crippen LogP contribution in [0.25, 0.3) is 0 Å². The zero-order valence-electron chi connectivity index (χ0n) is 42.6. The standard InChI is InChI=1S/C56H96NO8P/c1-6-8-10-12-14-16-18-19-20-21-22-23-24-25-26-27-28-29-30-31-32-33-34-35-36-37-39-41-43-45-47-49-56(59)65-54(53-64-66(60,61)63-51-50-57(3,4)5)52-62-55(58)48-46-44-42-40-38-17-15-13-11-9-7-2/h8,10,13-16,19-20,22-23,25-26,28-29,31-32,54H,6-7,9,11-12,17-18,21,24,27,30,33-53H2,1-5H3/p+1/b10-8-,15-13-,16-14-,20-19-,23-22-,26-25-,29-28-,32-31-. The van der Waals surface area contributed by atoms with E-state index >= 15 is 0 Å². The normalized spacial score (nSPS) is 14.2. The molecule has 378 valence electrons. The molecule has 0 fully saturated rings. The molecule has 0 aliphatic rings. The van der Waals surface area contributed by atoms with Crippen molar-refractivity contribution in [2.24, 2.45) is 0 Å². The van der Waals surface area contributed by atoms with Crippen LogP contribution in [0, 0.1) is 0 Å². The van der Waals surface area contributed by atoms with Crippen LogP contribution in [0.5, 0.6) is 0 Å². The van der Waals surface area contributed by atoms with Crippen molar-refractivity contribution in [3.63, 3.8) is 0 Å². The third-order valence-electron chi connectivity index (χ3n) is 10.6. The molecule has 0 saturated heterocycles. The van der Waals surface area contributed by atoms with Crippen molar-refractivity contribution in [1.29, 1.82) is 0 Å². The number of unbranched alkanes of at least 4 members (excludes halogenated alkanes) is 16. The third kappa shape index (κ3) is 50.3. The van der Waals surface area contributed by atoms with E-state index in [1.54, 1.807) is 0 Å². The number of nitrogens with zero attached hydrogens (tertiary/aromatic N) is 1. The van der Waals surface area contributed by atoms with Gasteiger partial charge in [0, 0.05) is 12.8 Å². The fraction of sp³-hybridized carbons (Fsp3) is 0.679. The number of likely N-dealkylation sites (N-methyl/N-ethyl adjacent to an activating group) is 1. The van der Waals surface area contributed by atoms with Crippen molar-refractivity contribution < 1.29 is 42.1 Å². The number of phosphoric ester groups is 1. The van der Waals surface area contributed by atoms with Gasteiger partial charge in [0.05, 0.1) is 27.7 Å². The minimum Gasteiger partial charge on any atom is -0.462 e. The quantitative estimate of drug-likeness (QED) is 0.0211. The van der Waals surface area contributed by atoms with Gasteiger partial charge in [-0.15, -0.1) is 0 Å². The van der Waals surface area contributed by atoms with Gasteiger partial charge >= 0.3 is 19.8 Å². The van der Waals surface area contributed by atoms with Crippen LogP contribution in [0.1, 0.15) is 194 Å². The Morgan fingerprint density at radius 1 is 0.485 bits per heavy atom. The zero-order chi connectivity index (χ0) is 48.5. The number of ether oxygens (including phenoxy) is 2. The molecule has 0 aliphatic heterocycles. The average molecular weight is 943 g/mol. The molecule has 0 heterocycles. The van der Waals surface area contributed by atoms with Gasteiger partial charge in [0.2, 0.25) is 0 Å². The third-order valence-corrected chi connectivity index (χ3v) is 11.6. The van der Waals surface area contributed by atoms with E-state index in [-0.39, 0.29) is 32.0 Å². The van der Waals surface area contributed by atoms with Crippen molar-refractivity contribution in [3.8, 4) is 0 Å². The summed E-state index contributed by atoms with van der Waals surface area (Å²) in [6, 6.07) is 0. The van der Waals surface area contributed by atoms with Crippen LogP contribution in [0.4, 0.5) is 0 Å². The van der Waals surface area contributed by atoms with Gasteiger partial charge in [-0.25, -0.2) is 4.57 Å². The Hall–Kier alpha value is -3.07. The summed E-state index contributed by atoms with van der Waals surface area (Å²) in [6.45, 7) is 4.24. The minimum atomic E-state index is -4.39. The van der Waals surface area contributed by atoms with Crippen LogP contribution in [0.3, 0.4) is 0 Å². The number of esters is 2. The van der Waals surface area contributed by atoms with Crippen molar-refractivity contribution in [2.75, 3.05) is 47.5 Å². The lowest BCUT2D eigenvalue weighted by Gasteiger charge is -2.24. The highest BCUT2D eigenvalue weighted by Gasteiger charge is 2.27. The van der Waals surface area contributed by atoms with E-state index < -0.39 is 26.5 Å². The van der Waals surface area contributed by atoms with Crippen molar-refractivity contribution >= 4 is 19.8 Å². The molecule has 0 rings (SSSR count). The lowest BCUT2D eigenvalue weighted by molar-refractivity contribution is -0.870. The summed E-state index contributed by atoms with van der Waals surface area (Å²) < 4.78 is 34.4. The van der Waals surface area contributed by atoms with E-state index in [1.165, 1.54) is 44.9 Å². The summed E-state index contributed by atoms with van der Waals surface area (Å²) in [5.74, 6) is -0.823. The van der Waals surface area contributed by atoms with Crippen LogP contribution in [-0.2, 0) is 32.7 Å². The van der Waals surface area contributed by atoms with E-state index in [0.717, 1.165) is 116 Å². The number of allylic oxidation sites excluding steroid dienone is 16. The lowest BCUT2D eigenvalue weighted by atomic mass is 10.1. The highest BCUT2D eigenvalue weighted by Crippen LogP contribution is 2.43. The van der Waals surface area contributed by atoms with Crippen LogP contribution in [-0.4, -0.2) is 74.9 Å². The maximum atomic E-state index is 12.7. The molecule has 0 aromatic carbocycles.